The number of halogens is 1. The number of amides is 1. The molecule has 0 radical (unpaired) electrons. The van der Waals surface area contributed by atoms with Crippen LogP contribution >= 0.6 is 22.9 Å². The molecule has 0 spiro atoms. The van der Waals surface area contributed by atoms with Gasteiger partial charge in [0.25, 0.3) is 0 Å². The number of rotatable bonds is 4. The highest BCUT2D eigenvalue weighted by Crippen LogP contribution is 2.18. The van der Waals surface area contributed by atoms with Crippen molar-refractivity contribution in [3.63, 3.8) is 0 Å². The fraction of sp³-hybridized carbons (Fsp3) is 0.556. The molecule has 0 fully saturated rings. The van der Waals surface area contributed by atoms with Gasteiger partial charge in [0, 0.05) is 31.7 Å². The molecule has 6 heteroatoms. The molecule has 1 amide bonds. The van der Waals surface area contributed by atoms with Crippen LogP contribution in [0.5, 0.6) is 0 Å². The third kappa shape index (κ3) is 4.15. The summed E-state index contributed by atoms with van der Waals surface area (Å²) in [7, 11) is 5.40. The van der Waals surface area contributed by atoms with E-state index in [-0.39, 0.29) is 5.91 Å². The molecule has 15 heavy (non-hydrogen) atoms. The Hall–Kier alpha value is -0.650. The average molecular weight is 248 g/mol. The lowest BCUT2D eigenvalue weighted by molar-refractivity contribution is -0.129. The summed E-state index contributed by atoms with van der Waals surface area (Å²) in [6.07, 6.45) is 1.74. The number of nitrogens with zero attached hydrogens (tertiary/aromatic N) is 3. The minimum absolute atomic E-state index is 0.0908. The van der Waals surface area contributed by atoms with Gasteiger partial charge >= 0.3 is 0 Å². The number of hydrogen-bond donors (Lipinski definition) is 0. The van der Waals surface area contributed by atoms with Gasteiger partial charge in [-0.1, -0.05) is 11.6 Å². The summed E-state index contributed by atoms with van der Waals surface area (Å²) in [5.41, 5.74) is 0. The number of likely N-dealkylation sites (N-methyl/N-ethyl adjacent to an activating group) is 2. The molecule has 0 aliphatic heterocycles. The lowest BCUT2D eigenvalue weighted by atomic mass is 10.4. The zero-order valence-corrected chi connectivity index (χ0v) is 10.6. The fourth-order valence-corrected chi connectivity index (χ4v) is 2.11. The van der Waals surface area contributed by atoms with Gasteiger partial charge in [-0.2, -0.15) is 0 Å². The Morgan fingerprint density at radius 2 is 2.20 bits per heavy atom. The van der Waals surface area contributed by atoms with Gasteiger partial charge in [-0.3, -0.25) is 9.69 Å². The van der Waals surface area contributed by atoms with E-state index in [1.54, 1.807) is 25.2 Å². The van der Waals surface area contributed by atoms with Crippen molar-refractivity contribution in [1.82, 2.24) is 14.8 Å². The number of hydrogen-bond acceptors (Lipinski definition) is 4. The van der Waals surface area contributed by atoms with Crippen molar-refractivity contribution in [3.05, 3.63) is 15.5 Å². The Labute approximate surface area is 98.5 Å². The van der Waals surface area contributed by atoms with E-state index < -0.39 is 0 Å². The average Bonchev–Trinajstić information content (AvgIpc) is 2.50. The topological polar surface area (TPSA) is 36.4 Å². The van der Waals surface area contributed by atoms with E-state index >= 15 is 0 Å². The number of carbonyl (C=O) groups is 1. The second kappa shape index (κ2) is 5.44. The third-order valence-electron chi connectivity index (χ3n) is 1.86. The molecule has 1 aromatic rings. The lowest BCUT2D eigenvalue weighted by Crippen LogP contribution is -2.33. The van der Waals surface area contributed by atoms with E-state index in [4.69, 9.17) is 11.6 Å². The van der Waals surface area contributed by atoms with Crippen LogP contribution in [0.25, 0.3) is 0 Å². The van der Waals surface area contributed by atoms with Gasteiger partial charge in [0.15, 0.2) is 4.47 Å². The first-order chi connectivity index (χ1) is 6.99. The Morgan fingerprint density at radius 3 is 2.67 bits per heavy atom. The molecule has 0 unspecified atom stereocenters. The quantitative estimate of drug-likeness (QED) is 0.805. The van der Waals surface area contributed by atoms with Crippen molar-refractivity contribution >= 4 is 28.8 Å². The SMILES string of the molecule is CN(CC(=O)N(C)C)Cc1cnc(Cl)s1. The Morgan fingerprint density at radius 1 is 1.53 bits per heavy atom. The zero-order chi connectivity index (χ0) is 11.4. The first-order valence-corrected chi connectivity index (χ1v) is 5.67. The normalized spacial score (nSPS) is 10.7. The Kier molecular flexibility index (Phi) is 4.50. The molecule has 0 aliphatic rings. The van der Waals surface area contributed by atoms with E-state index in [0.717, 1.165) is 4.88 Å². The maximum atomic E-state index is 11.4. The summed E-state index contributed by atoms with van der Waals surface area (Å²) in [5, 5.41) is 0. The van der Waals surface area contributed by atoms with E-state index in [2.05, 4.69) is 4.98 Å². The van der Waals surface area contributed by atoms with Crippen molar-refractivity contribution in [2.75, 3.05) is 27.7 Å². The highest BCUT2D eigenvalue weighted by molar-refractivity contribution is 7.15. The molecule has 4 nitrogen and oxygen atoms in total. The molecular formula is C9H14ClN3OS. The summed E-state index contributed by atoms with van der Waals surface area (Å²) >= 11 is 7.15. The fourth-order valence-electron chi connectivity index (χ4n) is 1.05. The highest BCUT2D eigenvalue weighted by Gasteiger charge is 2.09. The predicted molar refractivity (Wildman–Crippen MR) is 62.2 cm³/mol. The van der Waals surface area contributed by atoms with Gasteiger partial charge in [-0.15, -0.1) is 11.3 Å². The van der Waals surface area contributed by atoms with Crippen LogP contribution in [-0.2, 0) is 11.3 Å². The summed E-state index contributed by atoms with van der Waals surface area (Å²) < 4.78 is 0.539. The molecule has 0 saturated heterocycles. The molecule has 0 aliphatic carbocycles. The summed E-state index contributed by atoms with van der Waals surface area (Å²) in [5.74, 6) is 0.0908. The van der Waals surface area contributed by atoms with Gasteiger partial charge in [0.1, 0.15) is 0 Å². The molecule has 0 N–H and O–H groups in total. The van der Waals surface area contributed by atoms with Crippen LogP contribution in [0.2, 0.25) is 4.47 Å². The molecule has 0 aromatic carbocycles. The van der Waals surface area contributed by atoms with Gasteiger partial charge < -0.3 is 4.90 Å². The summed E-state index contributed by atoms with van der Waals surface area (Å²) in [6.45, 7) is 1.10. The van der Waals surface area contributed by atoms with Gasteiger partial charge in [-0.05, 0) is 7.05 Å². The molecular weight excluding hydrogens is 234 g/mol. The smallest absolute Gasteiger partial charge is 0.236 e. The number of carbonyl (C=O) groups excluding carboxylic acids is 1. The Bertz CT molecular complexity index is 340. The van der Waals surface area contributed by atoms with Crippen molar-refractivity contribution in [2.24, 2.45) is 0 Å². The highest BCUT2D eigenvalue weighted by atomic mass is 35.5. The number of aromatic nitrogens is 1. The maximum absolute atomic E-state index is 11.4. The zero-order valence-electron chi connectivity index (χ0n) is 9.03. The second-order valence-electron chi connectivity index (χ2n) is 3.54. The minimum Gasteiger partial charge on any atom is -0.348 e. The van der Waals surface area contributed by atoms with E-state index in [1.165, 1.54) is 11.3 Å². The van der Waals surface area contributed by atoms with Crippen LogP contribution in [-0.4, -0.2) is 48.4 Å². The summed E-state index contributed by atoms with van der Waals surface area (Å²) in [4.78, 5) is 19.9. The van der Waals surface area contributed by atoms with Crippen LogP contribution in [0.15, 0.2) is 6.20 Å². The van der Waals surface area contributed by atoms with Gasteiger partial charge in [0.2, 0.25) is 5.91 Å². The first kappa shape index (κ1) is 12.4. The molecule has 1 rings (SSSR count). The maximum Gasteiger partial charge on any atom is 0.236 e. The monoisotopic (exact) mass is 247 g/mol. The van der Waals surface area contributed by atoms with Crippen LogP contribution < -0.4 is 0 Å². The van der Waals surface area contributed by atoms with E-state index in [9.17, 15) is 4.79 Å². The predicted octanol–water partition coefficient (Wildman–Crippen LogP) is 1.32. The molecule has 84 valence electrons. The van der Waals surface area contributed by atoms with Crippen molar-refractivity contribution in [1.29, 1.82) is 0 Å². The van der Waals surface area contributed by atoms with Crippen LogP contribution in [0, 0.1) is 0 Å². The van der Waals surface area contributed by atoms with E-state index in [1.807, 2.05) is 11.9 Å². The molecule has 0 saturated carbocycles. The van der Waals surface area contributed by atoms with Crippen LogP contribution in [0.4, 0.5) is 0 Å². The summed E-state index contributed by atoms with van der Waals surface area (Å²) in [6, 6.07) is 0. The standard InChI is InChI=1S/C9H14ClN3OS/c1-12(2)8(14)6-13(3)5-7-4-11-9(10)15-7/h4H,5-6H2,1-3H3. The first-order valence-electron chi connectivity index (χ1n) is 4.48. The Balaban J connectivity index is 2.42. The molecule has 1 aromatic heterocycles. The van der Waals surface area contributed by atoms with Crippen LogP contribution in [0.3, 0.4) is 0 Å². The van der Waals surface area contributed by atoms with Gasteiger partial charge in [-0.25, -0.2) is 4.98 Å². The van der Waals surface area contributed by atoms with Crippen LogP contribution in [0.1, 0.15) is 4.88 Å². The molecule has 0 atom stereocenters. The molecule has 0 bridgehead atoms. The largest absolute Gasteiger partial charge is 0.348 e. The van der Waals surface area contributed by atoms with E-state index in [0.29, 0.717) is 17.6 Å². The van der Waals surface area contributed by atoms with Gasteiger partial charge in [0.05, 0.1) is 6.54 Å². The van der Waals surface area contributed by atoms with Crippen molar-refractivity contribution < 1.29 is 4.79 Å². The lowest BCUT2D eigenvalue weighted by Gasteiger charge is -2.17. The minimum atomic E-state index is 0.0908. The van der Waals surface area contributed by atoms with Crippen molar-refractivity contribution in [3.8, 4) is 0 Å². The molecule has 1 heterocycles. The van der Waals surface area contributed by atoms with Crippen molar-refractivity contribution in [2.45, 2.75) is 6.54 Å². The second-order valence-corrected chi connectivity index (χ2v) is 5.24. The number of thiazole rings is 1. The third-order valence-corrected chi connectivity index (χ3v) is 2.95.